The molecule has 138 valence electrons. The number of rotatable bonds is 12. The van der Waals surface area contributed by atoms with Gasteiger partial charge in [0.2, 0.25) is 11.8 Å². The lowest BCUT2D eigenvalue weighted by atomic mass is 10.1. The van der Waals surface area contributed by atoms with Crippen LogP contribution in [0.3, 0.4) is 0 Å². The highest BCUT2D eigenvalue weighted by Gasteiger charge is 2.20. The maximum absolute atomic E-state index is 11.8. The highest BCUT2D eigenvalue weighted by Crippen LogP contribution is 1.99. The molecule has 0 aliphatic rings. The Bertz CT molecular complexity index is 424. The molecular formula is C17H31N3O4. The molecule has 0 aliphatic carbocycles. The number of nitrogens with two attached hydrogens (primary N) is 1. The van der Waals surface area contributed by atoms with Crippen molar-refractivity contribution in [3.8, 4) is 0 Å². The number of carbonyl (C=O) groups excluding carboxylic acids is 3. The standard InChI is InChI=1S/C17H31N3O4/c1-4-6-8-9-11-24-15(21)12-19-16(22)13(3)20-17(23)14(18)10-7-5-2/h9,11,13-14H,4-8,10,12,18H2,1-3H3,(H,19,22)(H,20,23). The van der Waals surface area contributed by atoms with E-state index in [-0.39, 0.29) is 12.5 Å². The fourth-order valence-corrected chi connectivity index (χ4v) is 1.81. The van der Waals surface area contributed by atoms with Crippen LogP contribution >= 0.6 is 0 Å². The van der Waals surface area contributed by atoms with Gasteiger partial charge in [-0.1, -0.05) is 33.1 Å². The third kappa shape index (κ3) is 10.8. The van der Waals surface area contributed by atoms with Gasteiger partial charge in [-0.25, -0.2) is 4.79 Å². The highest BCUT2D eigenvalue weighted by molar-refractivity contribution is 5.90. The van der Waals surface area contributed by atoms with E-state index in [1.807, 2.05) is 6.92 Å². The zero-order valence-electron chi connectivity index (χ0n) is 15.0. The highest BCUT2D eigenvalue weighted by atomic mass is 16.5. The van der Waals surface area contributed by atoms with Crippen LogP contribution in [-0.4, -0.2) is 36.4 Å². The Hall–Kier alpha value is -1.89. The maximum atomic E-state index is 11.8. The van der Waals surface area contributed by atoms with Crippen LogP contribution in [0.5, 0.6) is 0 Å². The lowest BCUT2D eigenvalue weighted by Crippen LogP contribution is -2.50. The molecule has 2 atom stereocenters. The maximum Gasteiger partial charge on any atom is 0.330 e. The van der Waals surface area contributed by atoms with E-state index in [1.165, 1.54) is 13.2 Å². The Morgan fingerprint density at radius 3 is 2.42 bits per heavy atom. The van der Waals surface area contributed by atoms with Gasteiger partial charge in [0.1, 0.15) is 12.6 Å². The van der Waals surface area contributed by atoms with Crippen molar-refractivity contribution in [1.82, 2.24) is 10.6 Å². The summed E-state index contributed by atoms with van der Waals surface area (Å²) in [5.74, 6) is -1.39. The van der Waals surface area contributed by atoms with Crippen molar-refractivity contribution < 1.29 is 19.1 Å². The minimum absolute atomic E-state index is 0.251. The normalized spacial score (nSPS) is 13.3. The van der Waals surface area contributed by atoms with Gasteiger partial charge in [0.25, 0.3) is 0 Å². The Balaban J connectivity index is 4.02. The number of carbonyl (C=O) groups is 3. The number of hydrogen-bond acceptors (Lipinski definition) is 5. The minimum Gasteiger partial charge on any atom is -0.434 e. The summed E-state index contributed by atoms with van der Waals surface area (Å²) < 4.78 is 4.84. The molecule has 7 heteroatoms. The molecule has 0 aromatic carbocycles. The second-order valence-electron chi connectivity index (χ2n) is 5.70. The van der Waals surface area contributed by atoms with Crippen LogP contribution in [0, 0.1) is 0 Å². The van der Waals surface area contributed by atoms with Crippen molar-refractivity contribution in [3.63, 3.8) is 0 Å². The molecular weight excluding hydrogens is 310 g/mol. The summed E-state index contributed by atoms with van der Waals surface area (Å²) in [6.45, 7) is 5.37. The quantitative estimate of drug-likeness (QED) is 0.282. The molecule has 0 spiro atoms. The lowest BCUT2D eigenvalue weighted by Gasteiger charge is -2.17. The predicted molar refractivity (Wildman–Crippen MR) is 92.9 cm³/mol. The molecule has 0 aromatic rings. The Morgan fingerprint density at radius 2 is 1.79 bits per heavy atom. The first-order valence-corrected chi connectivity index (χ1v) is 8.60. The first-order valence-electron chi connectivity index (χ1n) is 8.60. The number of amides is 2. The van der Waals surface area contributed by atoms with E-state index in [9.17, 15) is 14.4 Å². The van der Waals surface area contributed by atoms with E-state index >= 15 is 0 Å². The van der Waals surface area contributed by atoms with E-state index in [0.29, 0.717) is 6.42 Å². The second kappa shape index (κ2) is 13.5. The number of nitrogens with one attached hydrogen (secondary N) is 2. The molecule has 0 radical (unpaired) electrons. The topological polar surface area (TPSA) is 111 Å². The molecule has 0 saturated heterocycles. The van der Waals surface area contributed by atoms with Crippen molar-refractivity contribution in [3.05, 3.63) is 12.3 Å². The van der Waals surface area contributed by atoms with Gasteiger partial charge in [-0.05, 0) is 32.3 Å². The average molecular weight is 341 g/mol. The largest absolute Gasteiger partial charge is 0.434 e. The van der Waals surface area contributed by atoms with Gasteiger partial charge in [0, 0.05) is 0 Å². The molecule has 0 aliphatic heterocycles. The zero-order chi connectivity index (χ0) is 18.4. The van der Waals surface area contributed by atoms with Gasteiger partial charge in [-0.15, -0.1) is 0 Å². The molecule has 4 N–H and O–H groups in total. The summed E-state index contributed by atoms with van der Waals surface area (Å²) >= 11 is 0. The minimum atomic E-state index is -0.766. The van der Waals surface area contributed by atoms with Crippen LogP contribution in [0.25, 0.3) is 0 Å². The van der Waals surface area contributed by atoms with E-state index in [0.717, 1.165) is 32.1 Å². The Morgan fingerprint density at radius 1 is 1.12 bits per heavy atom. The van der Waals surface area contributed by atoms with Crippen molar-refractivity contribution >= 4 is 17.8 Å². The molecule has 0 saturated carbocycles. The molecule has 0 heterocycles. The van der Waals surface area contributed by atoms with Crippen LogP contribution in [0.2, 0.25) is 0 Å². The first kappa shape index (κ1) is 22.1. The van der Waals surface area contributed by atoms with Crippen LogP contribution in [0.1, 0.15) is 59.3 Å². The van der Waals surface area contributed by atoms with E-state index in [1.54, 1.807) is 6.08 Å². The fraction of sp³-hybridized carbons (Fsp3) is 0.706. The lowest BCUT2D eigenvalue weighted by molar-refractivity contribution is -0.139. The molecule has 0 fully saturated rings. The van der Waals surface area contributed by atoms with Gasteiger partial charge in [0.15, 0.2) is 0 Å². The van der Waals surface area contributed by atoms with Crippen molar-refractivity contribution in [2.75, 3.05) is 6.54 Å². The number of unbranched alkanes of at least 4 members (excludes halogenated alkanes) is 3. The van der Waals surface area contributed by atoms with Crippen LogP contribution in [0.4, 0.5) is 0 Å². The molecule has 7 nitrogen and oxygen atoms in total. The monoisotopic (exact) mass is 341 g/mol. The van der Waals surface area contributed by atoms with Gasteiger partial charge in [0.05, 0.1) is 12.3 Å². The van der Waals surface area contributed by atoms with Gasteiger partial charge < -0.3 is 21.1 Å². The smallest absolute Gasteiger partial charge is 0.330 e. The Labute approximate surface area is 144 Å². The molecule has 0 aromatic heterocycles. The number of hydrogen-bond donors (Lipinski definition) is 3. The summed E-state index contributed by atoms with van der Waals surface area (Å²) in [6.07, 6.45) is 8.43. The molecule has 0 bridgehead atoms. The summed E-state index contributed by atoms with van der Waals surface area (Å²) in [4.78, 5) is 35.1. The van der Waals surface area contributed by atoms with E-state index in [2.05, 4.69) is 17.6 Å². The summed E-state index contributed by atoms with van der Waals surface area (Å²) in [5.41, 5.74) is 5.74. The van der Waals surface area contributed by atoms with Crippen molar-refractivity contribution in [1.29, 1.82) is 0 Å². The molecule has 0 rings (SSSR count). The van der Waals surface area contributed by atoms with Crippen LogP contribution in [-0.2, 0) is 19.1 Å². The van der Waals surface area contributed by atoms with E-state index < -0.39 is 24.0 Å². The number of allylic oxidation sites excluding steroid dienone is 1. The predicted octanol–water partition coefficient (Wildman–Crippen LogP) is 1.37. The van der Waals surface area contributed by atoms with Gasteiger partial charge in [-0.3, -0.25) is 9.59 Å². The molecule has 2 unspecified atom stereocenters. The zero-order valence-corrected chi connectivity index (χ0v) is 15.0. The number of esters is 1. The second-order valence-corrected chi connectivity index (χ2v) is 5.70. The summed E-state index contributed by atoms with van der Waals surface area (Å²) in [5, 5.41) is 4.96. The first-order chi connectivity index (χ1) is 11.4. The number of ether oxygens (including phenoxy) is 1. The summed E-state index contributed by atoms with van der Waals surface area (Å²) in [6, 6.07) is -1.39. The summed E-state index contributed by atoms with van der Waals surface area (Å²) in [7, 11) is 0. The molecule has 2 amide bonds. The van der Waals surface area contributed by atoms with Crippen LogP contribution < -0.4 is 16.4 Å². The SMILES string of the molecule is CCCCC=COC(=O)CNC(=O)C(C)NC(=O)C(N)CCCC. The average Bonchev–Trinajstić information content (AvgIpc) is 2.56. The fourth-order valence-electron chi connectivity index (χ4n) is 1.81. The van der Waals surface area contributed by atoms with Gasteiger partial charge >= 0.3 is 5.97 Å². The van der Waals surface area contributed by atoms with Crippen molar-refractivity contribution in [2.24, 2.45) is 5.73 Å². The van der Waals surface area contributed by atoms with Gasteiger partial charge in [-0.2, -0.15) is 0 Å². The molecule has 24 heavy (non-hydrogen) atoms. The van der Waals surface area contributed by atoms with Crippen LogP contribution in [0.15, 0.2) is 12.3 Å². The van der Waals surface area contributed by atoms with Crippen molar-refractivity contribution in [2.45, 2.75) is 71.4 Å². The third-order valence-electron chi connectivity index (χ3n) is 3.38. The third-order valence-corrected chi connectivity index (χ3v) is 3.38. The Kier molecular flexibility index (Phi) is 12.5. The van der Waals surface area contributed by atoms with E-state index in [4.69, 9.17) is 10.5 Å².